The molecule has 1 unspecified atom stereocenters. The quantitative estimate of drug-likeness (QED) is 0.902. The number of likely N-dealkylation sites (N-methyl/N-ethyl adjacent to an activating group) is 1. The van der Waals surface area contributed by atoms with E-state index in [1.165, 1.54) is 5.56 Å². The van der Waals surface area contributed by atoms with E-state index in [0.717, 1.165) is 24.3 Å². The van der Waals surface area contributed by atoms with Crippen molar-refractivity contribution in [3.8, 4) is 5.75 Å². The van der Waals surface area contributed by atoms with E-state index in [1.807, 2.05) is 20.2 Å². The number of ether oxygens (including phenoxy) is 1. The lowest BCUT2D eigenvalue weighted by molar-refractivity contribution is -0.118. The van der Waals surface area contributed by atoms with E-state index in [2.05, 4.69) is 24.4 Å². The molecule has 2 rings (SSSR count). The Kier molecular flexibility index (Phi) is 4.43. The molecule has 1 N–H and O–H groups in total. The lowest BCUT2D eigenvalue weighted by Gasteiger charge is -2.19. The maximum Gasteiger partial charge on any atom is 0.230 e. The number of fused-ring (bicyclic) bond motifs is 1. The van der Waals surface area contributed by atoms with Crippen LogP contribution in [-0.2, 0) is 11.2 Å². The van der Waals surface area contributed by atoms with Crippen molar-refractivity contribution in [2.24, 2.45) is 0 Å². The second kappa shape index (κ2) is 6.06. The van der Waals surface area contributed by atoms with Crippen LogP contribution in [0.4, 0.5) is 5.69 Å². The largest absolute Gasteiger partial charge is 0.491 e. The third kappa shape index (κ3) is 3.07. The van der Waals surface area contributed by atoms with Crippen molar-refractivity contribution >= 4 is 11.6 Å². The summed E-state index contributed by atoms with van der Waals surface area (Å²) in [6.07, 6.45) is 2.48. The molecule has 4 heteroatoms. The molecular weight excluding hydrogens is 240 g/mol. The Balaban J connectivity index is 2.26. The van der Waals surface area contributed by atoms with Crippen LogP contribution in [0.15, 0.2) is 18.2 Å². The number of hydrogen-bond donors (Lipinski definition) is 1. The Hall–Kier alpha value is -1.55. The monoisotopic (exact) mass is 262 g/mol. The number of nitrogens with one attached hydrogen (secondary N) is 1. The van der Waals surface area contributed by atoms with Gasteiger partial charge in [0, 0.05) is 13.1 Å². The molecular formula is C15H22N2O2. The topological polar surface area (TPSA) is 41.6 Å². The van der Waals surface area contributed by atoms with Crippen LogP contribution in [0.2, 0.25) is 0 Å². The Morgan fingerprint density at radius 3 is 2.95 bits per heavy atom. The Labute approximate surface area is 114 Å². The summed E-state index contributed by atoms with van der Waals surface area (Å²) >= 11 is 0. The van der Waals surface area contributed by atoms with Gasteiger partial charge in [0.25, 0.3) is 0 Å². The Bertz CT molecular complexity index is 455. The van der Waals surface area contributed by atoms with Crippen LogP contribution in [-0.4, -0.2) is 32.7 Å². The first-order valence-corrected chi connectivity index (χ1v) is 6.85. The van der Waals surface area contributed by atoms with Crippen LogP contribution in [0.5, 0.6) is 5.75 Å². The predicted octanol–water partition coefficient (Wildman–Crippen LogP) is 1.97. The fourth-order valence-corrected chi connectivity index (χ4v) is 2.36. The van der Waals surface area contributed by atoms with Crippen LogP contribution in [0.3, 0.4) is 0 Å². The summed E-state index contributed by atoms with van der Waals surface area (Å²) in [5.41, 5.74) is 2.11. The van der Waals surface area contributed by atoms with Gasteiger partial charge in [0.05, 0.1) is 18.7 Å². The average molecular weight is 262 g/mol. The first-order chi connectivity index (χ1) is 9.15. The van der Waals surface area contributed by atoms with Gasteiger partial charge in [-0.05, 0) is 37.6 Å². The zero-order valence-corrected chi connectivity index (χ0v) is 11.9. The normalized spacial score (nSPS) is 16.6. The lowest BCUT2D eigenvalue weighted by atomic mass is 10.0. The molecule has 0 fully saturated rings. The van der Waals surface area contributed by atoms with E-state index in [-0.39, 0.29) is 5.91 Å². The smallest absolute Gasteiger partial charge is 0.230 e. The molecule has 1 aromatic rings. The summed E-state index contributed by atoms with van der Waals surface area (Å²) in [7, 11) is 3.80. The van der Waals surface area contributed by atoms with Crippen molar-refractivity contribution < 1.29 is 9.53 Å². The molecule has 0 spiro atoms. The molecule has 0 aliphatic carbocycles. The highest BCUT2D eigenvalue weighted by Gasteiger charge is 2.20. The van der Waals surface area contributed by atoms with Gasteiger partial charge in [0.1, 0.15) is 5.75 Å². The van der Waals surface area contributed by atoms with Gasteiger partial charge in [-0.3, -0.25) is 4.79 Å². The molecule has 0 radical (unpaired) electrons. The van der Waals surface area contributed by atoms with E-state index in [1.54, 1.807) is 4.90 Å². The van der Waals surface area contributed by atoms with E-state index in [9.17, 15) is 4.79 Å². The van der Waals surface area contributed by atoms with Gasteiger partial charge in [-0.15, -0.1) is 0 Å². The fraction of sp³-hybridized carbons (Fsp3) is 0.533. The van der Waals surface area contributed by atoms with Crippen LogP contribution in [0, 0.1) is 0 Å². The van der Waals surface area contributed by atoms with Crippen LogP contribution < -0.4 is 15.0 Å². The molecule has 1 atom stereocenters. The van der Waals surface area contributed by atoms with Crippen molar-refractivity contribution in [3.05, 3.63) is 23.8 Å². The molecule has 104 valence electrons. The number of rotatable bonds is 4. The summed E-state index contributed by atoms with van der Waals surface area (Å²) in [6, 6.07) is 6.59. The number of carbonyl (C=O) groups is 1. The highest BCUT2D eigenvalue weighted by molar-refractivity contribution is 5.95. The molecule has 1 amide bonds. The SMILES string of the molecule is CCC(Cc1ccc2c(c1)N(C)C(=O)CCO2)NC. The minimum atomic E-state index is 0.108. The molecule has 4 nitrogen and oxygen atoms in total. The second-order valence-electron chi connectivity index (χ2n) is 4.95. The summed E-state index contributed by atoms with van der Waals surface area (Å²) < 4.78 is 5.62. The van der Waals surface area contributed by atoms with Crippen molar-refractivity contribution in [2.75, 3.05) is 25.6 Å². The van der Waals surface area contributed by atoms with Gasteiger partial charge in [-0.1, -0.05) is 13.0 Å². The predicted molar refractivity (Wildman–Crippen MR) is 76.8 cm³/mol. The summed E-state index contributed by atoms with van der Waals surface area (Å²) in [5, 5.41) is 3.30. The number of carbonyl (C=O) groups excluding carboxylic acids is 1. The van der Waals surface area contributed by atoms with Crippen molar-refractivity contribution in [3.63, 3.8) is 0 Å². The molecule has 0 saturated heterocycles. The van der Waals surface area contributed by atoms with Crippen LogP contribution >= 0.6 is 0 Å². The van der Waals surface area contributed by atoms with Crippen molar-refractivity contribution in [1.29, 1.82) is 0 Å². The number of benzene rings is 1. The molecule has 0 bridgehead atoms. The summed E-state index contributed by atoms with van der Waals surface area (Å²) in [6.45, 7) is 2.63. The number of hydrogen-bond acceptors (Lipinski definition) is 3. The molecule has 0 aromatic heterocycles. The number of amides is 1. The molecule has 1 aliphatic rings. The minimum absolute atomic E-state index is 0.108. The zero-order chi connectivity index (χ0) is 13.8. The Morgan fingerprint density at radius 1 is 1.47 bits per heavy atom. The van der Waals surface area contributed by atoms with Crippen LogP contribution in [0.1, 0.15) is 25.3 Å². The molecule has 1 aliphatic heterocycles. The van der Waals surface area contributed by atoms with E-state index in [0.29, 0.717) is 19.1 Å². The highest BCUT2D eigenvalue weighted by Crippen LogP contribution is 2.31. The third-order valence-corrected chi connectivity index (χ3v) is 3.72. The average Bonchev–Trinajstić information content (AvgIpc) is 2.57. The first kappa shape index (κ1) is 13.9. The maximum absolute atomic E-state index is 11.9. The van der Waals surface area contributed by atoms with E-state index < -0.39 is 0 Å². The molecule has 19 heavy (non-hydrogen) atoms. The molecule has 1 aromatic carbocycles. The van der Waals surface area contributed by atoms with E-state index in [4.69, 9.17) is 4.74 Å². The fourth-order valence-electron chi connectivity index (χ4n) is 2.36. The maximum atomic E-state index is 11.9. The zero-order valence-electron chi connectivity index (χ0n) is 11.9. The second-order valence-corrected chi connectivity index (χ2v) is 4.95. The standard InChI is InChI=1S/C15H22N2O2/c1-4-12(16-2)9-11-5-6-14-13(10-11)17(3)15(18)7-8-19-14/h5-6,10,12,16H,4,7-9H2,1-3H3. The minimum Gasteiger partial charge on any atom is -0.491 e. The van der Waals surface area contributed by atoms with Gasteiger partial charge >= 0.3 is 0 Å². The van der Waals surface area contributed by atoms with Crippen molar-refractivity contribution in [1.82, 2.24) is 5.32 Å². The third-order valence-electron chi connectivity index (χ3n) is 3.72. The van der Waals surface area contributed by atoms with Gasteiger partial charge < -0.3 is 15.0 Å². The molecule has 0 saturated carbocycles. The summed E-state index contributed by atoms with van der Waals surface area (Å²) in [4.78, 5) is 13.6. The van der Waals surface area contributed by atoms with E-state index >= 15 is 0 Å². The van der Waals surface area contributed by atoms with Crippen molar-refractivity contribution in [2.45, 2.75) is 32.2 Å². The van der Waals surface area contributed by atoms with Gasteiger partial charge in [-0.25, -0.2) is 0 Å². The summed E-state index contributed by atoms with van der Waals surface area (Å²) in [5.74, 6) is 0.908. The van der Waals surface area contributed by atoms with Gasteiger partial charge in [0.2, 0.25) is 5.91 Å². The molecule has 1 heterocycles. The number of anilines is 1. The lowest BCUT2D eigenvalue weighted by Crippen LogP contribution is -2.27. The van der Waals surface area contributed by atoms with Crippen LogP contribution in [0.25, 0.3) is 0 Å². The highest BCUT2D eigenvalue weighted by atomic mass is 16.5. The van der Waals surface area contributed by atoms with Gasteiger partial charge in [-0.2, -0.15) is 0 Å². The number of nitrogens with zero attached hydrogens (tertiary/aromatic N) is 1. The van der Waals surface area contributed by atoms with Gasteiger partial charge in [0.15, 0.2) is 0 Å². The Morgan fingerprint density at radius 2 is 2.26 bits per heavy atom. The first-order valence-electron chi connectivity index (χ1n) is 6.85.